The molecule has 1 aliphatic heterocycles. The lowest BCUT2D eigenvalue weighted by atomic mass is 9.96. The highest BCUT2D eigenvalue weighted by atomic mass is 16.2. The number of nitrogens with zero attached hydrogens (tertiary/aromatic N) is 3. The normalized spacial score (nSPS) is 16.7. The first-order chi connectivity index (χ1) is 13.0. The van der Waals surface area contributed by atoms with Crippen LogP contribution in [0.2, 0.25) is 0 Å². The predicted molar refractivity (Wildman–Crippen MR) is 111 cm³/mol. The van der Waals surface area contributed by atoms with Crippen molar-refractivity contribution < 1.29 is 4.79 Å². The van der Waals surface area contributed by atoms with Gasteiger partial charge in [-0.05, 0) is 55.3 Å². The molecule has 142 valence electrons. The minimum atomic E-state index is -0.0362. The summed E-state index contributed by atoms with van der Waals surface area (Å²) in [6.07, 6.45) is 0.747. The summed E-state index contributed by atoms with van der Waals surface area (Å²) >= 11 is 0. The number of hydrazone groups is 1. The van der Waals surface area contributed by atoms with Crippen molar-refractivity contribution >= 4 is 11.6 Å². The lowest BCUT2D eigenvalue weighted by Gasteiger charge is -2.25. The van der Waals surface area contributed by atoms with E-state index >= 15 is 0 Å². The van der Waals surface area contributed by atoms with E-state index in [1.54, 1.807) is 5.01 Å². The quantitative estimate of drug-likeness (QED) is 0.766. The number of hydrogen-bond acceptors (Lipinski definition) is 3. The number of likely N-dealkylation sites (N-methyl/N-ethyl adjacent to an activating group) is 1. The minimum Gasteiger partial charge on any atom is -0.295 e. The maximum Gasteiger partial charge on any atom is 0.257 e. The maximum atomic E-state index is 13.0. The third-order valence-electron chi connectivity index (χ3n) is 5.44. The molecule has 0 spiro atoms. The summed E-state index contributed by atoms with van der Waals surface area (Å²) in [6, 6.07) is 16.6. The summed E-state index contributed by atoms with van der Waals surface area (Å²) in [5, 5.41) is 6.49. The molecular weight excluding hydrogens is 334 g/mol. The molecule has 1 aliphatic rings. The number of rotatable bonds is 6. The van der Waals surface area contributed by atoms with Gasteiger partial charge in [0, 0.05) is 6.42 Å². The summed E-state index contributed by atoms with van der Waals surface area (Å²) in [4.78, 5) is 15.2. The molecule has 0 N–H and O–H groups in total. The Hall–Kier alpha value is -2.46. The fourth-order valence-corrected chi connectivity index (χ4v) is 3.48. The second kappa shape index (κ2) is 8.49. The van der Waals surface area contributed by atoms with Gasteiger partial charge in [0.25, 0.3) is 5.91 Å². The monoisotopic (exact) mass is 363 g/mol. The van der Waals surface area contributed by atoms with Crippen LogP contribution < -0.4 is 0 Å². The third kappa shape index (κ3) is 4.28. The van der Waals surface area contributed by atoms with Gasteiger partial charge in [0.1, 0.15) is 0 Å². The summed E-state index contributed by atoms with van der Waals surface area (Å²) < 4.78 is 0. The molecule has 0 aliphatic carbocycles. The van der Waals surface area contributed by atoms with Crippen molar-refractivity contribution in [3.05, 3.63) is 70.8 Å². The van der Waals surface area contributed by atoms with Crippen LogP contribution >= 0.6 is 0 Å². The van der Waals surface area contributed by atoms with Crippen molar-refractivity contribution in [2.24, 2.45) is 5.10 Å². The van der Waals surface area contributed by atoms with Crippen LogP contribution in [0.25, 0.3) is 0 Å². The smallest absolute Gasteiger partial charge is 0.257 e. The number of benzene rings is 2. The Kier molecular flexibility index (Phi) is 6.07. The van der Waals surface area contributed by atoms with Crippen LogP contribution in [-0.2, 0) is 4.79 Å². The third-order valence-corrected chi connectivity index (χ3v) is 5.44. The van der Waals surface area contributed by atoms with E-state index in [2.05, 4.69) is 62.9 Å². The van der Waals surface area contributed by atoms with Gasteiger partial charge in [-0.3, -0.25) is 9.69 Å². The maximum absolute atomic E-state index is 13.0. The molecule has 0 aromatic heterocycles. The topological polar surface area (TPSA) is 35.9 Å². The van der Waals surface area contributed by atoms with Crippen molar-refractivity contribution in [3.63, 3.8) is 0 Å². The van der Waals surface area contributed by atoms with Gasteiger partial charge in [-0.25, -0.2) is 5.01 Å². The molecule has 4 nitrogen and oxygen atoms in total. The molecule has 1 amide bonds. The van der Waals surface area contributed by atoms with Crippen LogP contribution in [0.3, 0.4) is 0 Å². The van der Waals surface area contributed by atoms with Crippen molar-refractivity contribution in [1.82, 2.24) is 9.91 Å². The molecule has 2 aromatic carbocycles. The highest BCUT2D eigenvalue weighted by Crippen LogP contribution is 2.33. The fourth-order valence-electron chi connectivity index (χ4n) is 3.48. The van der Waals surface area contributed by atoms with Crippen molar-refractivity contribution in [1.29, 1.82) is 0 Å². The molecule has 0 bridgehead atoms. The van der Waals surface area contributed by atoms with Gasteiger partial charge in [0.05, 0.1) is 18.3 Å². The molecule has 1 unspecified atom stereocenters. The van der Waals surface area contributed by atoms with Crippen LogP contribution in [0.15, 0.2) is 53.6 Å². The molecule has 1 atom stereocenters. The zero-order valence-electron chi connectivity index (χ0n) is 16.8. The molecule has 0 saturated carbocycles. The summed E-state index contributed by atoms with van der Waals surface area (Å²) in [5.41, 5.74) is 5.75. The van der Waals surface area contributed by atoms with Crippen LogP contribution in [0, 0.1) is 13.8 Å². The van der Waals surface area contributed by atoms with Gasteiger partial charge in [0.2, 0.25) is 0 Å². The first-order valence-corrected chi connectivity index (χ1v) is 9.78. The minimum absolute atomic E-state index is 0.0362. The molecular formula is C23H29N3O. The Bertz CT molecular complexity index is 825. The Morgan fingerprint density at radius 3 is 2.41 bits per heavy atom. The largest absolute Gasteiger partial charge is 0.295 e. The molecule has 4 heteroatoms. The molecule has 0 fully saturated rings. The highest BCUT2D eigenvalue weighted by molar-refractivity contribution is 6.03. The van der Waals surface area contributed by atoms with E-state index in [9.17, 15) is 4.79 Å². The SMILES string of the molecule is CCN(CC)CC(=O)N1N=C(c2ccc(C)c(C)c2)CC1c1ccccc1. The molecule has 0 saturated heterocycles. The Balaban J connectivity index is 1.92. The van der Waals surface area contributed by atoms with Gasteiger partial charge in [-0.15, -0.1) is 0 Å². The zero-order valence-corrected chi connectivity index (χ0v) is 16.8. The van der Waals surface area contributed by atoms with Crippen molar-refractivity contribution in [2.75, 3.05) is 19.6 Å². The van der Waals surface area contributed by atoms with Gasteiger partial charge in [-0.1, -0.05) is 56.3 Å². The summed E-state index contributed by atoms with van der Waals surface area (Å²) in [7, 11) is 0. The number of hydrogen-bond donors (Lipinski definition) is 0. The molecule has 27 heavy (non-hydrogen) atoms. The van der Waals surface area contributed by atoms with E-state index < -0.39 is 0 Å². The van der Waals surface area contributed by atoms with Crippen molar-refractivity contribution in [3.8, 4) is 0 Å². The van der Waals surface area contributed by atoms with Gasteiger partial charge < -0.3 is 0 Å². The molecule has 3 rings (SSSR count). The first kappa shape index (κ1) is 19.3. The van der Waals surface area contributed by atoms with Crippen molar-refractivity contribution in [2.45, 2.75) is 40.2 Å². The van der Waals surface area contributed by atoms with Crippen LogP contribution in [0.1, 0.15) is 48.6 Å². The number of carbonyl (C=O) groups excluding carboxylic acids is 1. The molecule has 0 radical (unpaired) electrons. The van der Waals surface area contributed by atoms with E-state index in [0.29, 0.717) is 6.54 Å². The number of amides is 1. The van der Waals surface area contributed by atoms with E-state index in [4.69, 9.17) is 5.10 Å². The van der Waals surface area contributed by atoms with Crippen LogP contribution in [0.5, 0.6) is 0 Å². The number of aryl methyl sites for hydroxylation is 2. The second-order valence-corrected chi connectivity index (χ2v) is 7.18. The zero-order chi connectivity index (χ0) is 19.4. The molecule has 1 heterocycles. The van der Waals surface area contributed by atoms with Gasteiger partial charge in [-0.2, -0.15) is 5.10 Å². The summed E-state index contributed by atoms with van der Waals surface area (Å²) in [5.74, 6) is 0.0615. The average molecular weight is 364 g/mol. The average Bonchev–Trinajstić information content (AvgIpc) is 3.14. The van der Waals surface area contributed by atoms with Crippen LogP contribution in [0.4, 0.5) is 0 Å². The first-order valence-electron chi connectivity index (χ1n) is 9.78. The number of carbonyl (C=O) groups is 1. The van der Waals surface area contributed by atoms with E-state index in [0.717, 1.165) is 36.3 Å². The van der Waals surface area contributed by atoms with E-state index in [1.165, 1.54) is 11.1 Å². The standard InChI is InChI=1S/C23H29N3O/c1-5-25(6-2)16-23(27)26-22(19-10-8-7-9-11-19)15-21(24-26)20-13-12-17(3)18(4)14-20/h7-14,22H,5-6,15-16H2,1-4H3. The fraction of sp³-hybridized carbons (Fsp3) is 0.391. The van der Waals surface area contributed by atoms with Gasteiger partial charge >= 0.3 is 0 Å². The van der Waals surface area contributed by atoms with Crippen LogP contribution in [-0.4, -0.2) is 41.2 Å². The Morgan fingerprint density at radius 1 is 1.07 bits per heavy atom. The lowest BCUT2D eigenvalue weighted by molar-refractivity contribution is -0.134. The Labute approximate surface area is 162 Å². The van der Waals surface area contributed by atoms with E-state index in [-0.39, 0.29) is 11.9 Å². The lowest BCUT2D eigenvalue weighted by Crippen LogP contribution is -2.38. The van der Waals surface area contributed by atoms with E-state index in [1.807, 2.05) is 18.2 Å². The molecule has 2 aromatic rings. The second-order valence-electron chi connectivity index (χ2n) is 7.18. The predicted octanol–water partition coefficient (Wildman–Crippen LogP) is 4.32. The summed E-state index contributed by atoms with van der Waals surface area (Å²) in [6.45, 7) is 10.5. The Morgan fingerprint density at radius 2 is 1.78 bits per heavy atom. The highest BCUT2D eigenvalue weighted by Gasteiger charge is 2.33. The van der Waals surface area contributed by atoms with Gasteiger partial charge in [0.15, 0.2) is 0 Å².